The van der Waals surface area contributed by atoms with Gasteiger partial charge in [0.05, 0.1) is 12.2 Å². The monoisotopic (exact) mass is 376 g/mol. The van der Waals surface area contributed by atoms with Crippen LogP contribution >= 0.6 is 0 Å². The Hall–Kier alpha value is -1.85. The van der Waals surface area contributed by atoms with Crippen molar-refractivity contribution in [3.8, 4) is 0 Å². The van der Waals surface area contributed by atoms with Gasteiger partial charge in [-0.15, -0.1) is 0 Å². The van der Waals surface area contributed by atoms with Crippen LogP contribution in [0.15, 0.2) is 6.07 Å². The zero-order valence-corrected chi connectivity index (χ0v) is 17.8. The van der Waals surface area contributed by atoms with Gasteiger partial charge in [-0.25, -0.2) is 0 Å². The minimum Gasteiger partial charge on any atom is -0.333 e. The van der Waals surface area contributed by atoms with Crippen molar-refractivity contribution < 1.29 is 9.59 Å². The Morgan fingerprint density at radius 3 is 2.41 bits per heavy atom. The van der Waals surface area contributed by atoms with Gasteiger partial charge in [0.1, 0.15) is 5.82 Å². The highest BCUT2D eigenvalue weighted by molar-refractivity contribution is 5.94. The van der Waals surface area contributed by atoms with Gasteiger partial charge in [0.25, 0.3) is 0 Å². The van der Waals surface area contributed by atoms with Crippen molar-refractivity contribution in [2.45, 2.75) is 72.1 Å². The highest BCUT2D eigenvalue weighted by Gasteiger charge is 2.28. The molecule has 0 saturated heterocycles. The predicted molar refractivity (Wildman–Crippen MR) is 109 cm³/mol. The first-order chi connectivity index (χ1) is 12.6. The van der Waals surface area contributed by atoms with Crippen LogP contribution in [-0.4, -0.2) is 39.6 Å². The fourth-order valence-electron chi connectivity index (χ4n) is 3.59. The summed E-state index contributed by atoms with van der Waals surface area (Å²) in [7, 11) is 1.82. The van der Waals surface area contributed by atoms with Crippen molar-refractivity contribution in [3.63, 3.8) is 0 Å². The number of aryl methyl sites for hydroxylation is 1. The molecule has 2 rings (SSSR count). The van der Waals surface area contributed by atoms with E-state index in [0.717, 1.165) is 31.4 Å². The van der Waals surface area contributed by atoms with Crippen LogP contribution in [0.5, 0.6) is 0 Å². The van der Waals surface area contributed by atoms with E-state index in [2.05, 4.69) is 45.0 Å². The van der Waals surface area contributed by atoms with Gasteiger partial charge in [0.15, 0.2) is 0 Å². The van der Waals surface area contributed by atoms with Crippen molar-refractivity contribution in [1.29, 1.82) is 0 Å². The molecule has 1 aliphatic carbocycles. The molecular formula is C21H36N4O2. The Kier molecular flexibility index (Phi) is 7.06. The molecule has 0 bridgehead atoms. The summed E-state index contributed by atoms with van der Waals surface area (Å²) in [6.07, 6.45) is 5.34. The molecule has 0 atom stereocenters. The van der Waals surface area contributed by atoms with Crippen LogP contribution < -0.4 is 5.32 Å². The van der Waals surface area contributed by atoms with Crippen LogP contribution in [0, 0.1) is 11.8 Å². The van der Waals surface area contributed by atoms with Crippen LogP contribution in [0.1, 0.15) is 72.4 Å². The molecule has 0 aromatic carbocycles. The topological polar surface area (TPSA) is 67.2 Å². The number of carbonyl (C=O) groups excluding carboxylic acids is 2. The number of amides is 2. The maximum atomic E-state index is 13.0. The molecule has 1 aromatic heterocycles. The highest BCUT2D eigenvalue weighted by Crippen LogP contribution is 2.26. The average molecular weight is 377 g/mol. The fraction of sp³-hybridized carbons (Fsp3) is 0.762. The molecule has 1 aromatic rings. The Labute approximate surface area is 163 Å². The standard InChI is InChI=1S/C21H36N4O2/c1-15(2)13-25(20(27)16-10-8-7-9-11-16)14-19(26)22-18-12-17(21(3,4)5)23-24(18)6/h12,15-16H,7-11,13-14H2,1-6H3,(H,22,26). The summed E-state index contributed by atoms with van der Waals surface area (Å²) in [6.45, 7) is 11.1. The first-order valence-electron chi connectivity index (χ1n) is 10.2. The van der Waals surface area contributed by atoms with Gasteiger partial charge >= 0.3 is 0 Å². The zero-order chi connectivity index (χ0) is 20.2. The molecule has 1 N–H and O–H groups in total. The molecule has 1 heterocycles. The molecule has 0 unspecified atom stereocenters. The van der Waals surface area contributed by atoms with Gasteiger partial charge in [-0.05, 0) is 18.8 Å². The number of rotatable bonds is 6. The molecule has 0 radical (unpaired) electrons. The van der Waals surface area contributed by atoms with Gasteiger partial charge in [-0.3, -0.25) is 14.3 Å². The largest absolute Gasteiger partial charge is 0.333 e. The molecule has 0 aliphatic heterocycles. The quantitative estimate of drug-likeness (QED) is 0.823. The van der Waals surface area contributed by atoms with Crippen LogP contribution in [0.4, 0.5) is 5.82 Å². The van der Waals surface area contributed by atoms with Crippen molar-refractivity contribution in [3.05, 3.63) is 11.8 Å². The summed E-state index contributed by atoms with van der Waals surface area (Å²) in [5, 5.41) is 7.42. The Balaban J connectivity index is 2.05. The van der Waals surface area contributed by atoms with Crippen LogP contribution in [0.3, 0.4) is 0 Å². The lowest BCUT2D eigenvalue weighted by molar-refractivity contribution is -0.139. The second-order valence-electron chi connectivity index (χ2n) is 9.28. The average Bonchev–Trinajstić information content (AvgIpc) is 2.95. The maximum absolute atomic E-state index is 13.0. The molecular weight excluding hydrogens is 340 g/mol. The smallest absolute Gasteiger partial charge is 0.245 e. The third-order valence-electron chi connectivity index (χ3n) is 5.10. The van der Waals surface area contributed by atoms with Gasteiger partial charge < -0.3 is 10.2 Å². The van der Waals surface area contributed by atoms with E-state index in [1.54, 1.807) is 9.58 Å². The van der Waals surface area contributed by atoms with Crippen LogP contribution in [-0.2, 0) is 22.1 Å². The number of hydrogen-bond acceptors (Lipinski definition) is 3. The molecule has 1 aliphatic rings. The number of aromatic nitrogens is 2. The lowest BCUT2D eigenvalue weighted by Crippen LogP contribution is -2.43. The molecule has 2 amide bonds. The molecule has 152 valence electrons. The Morgan fingerprint density at radius 1 is 1.26 bits per heavy atom. The number of anilines is 1. The third-order valence-corrected chi connectivity index (χ3v) is 5.10. The predicted octanol–water partition coefficient (Wildman–Crippen LogP) is 3.72. The highest BCUT2D eigenvalue weighted by atomic mass is 16.2. The molecule has 27 heavy (non-hydrogen) atoms. The van der Waals surface area contributed by atoms with E-state index in [4.69, 9.17) is 0 Å². The summed E-state index contributed by atoms with van der Waals surface area (Å²) < 4.78 is 1.69. The Morgan fingerprint density at radius 2 is 1.89 bits per heavy atom. The summed E-state index contributed by atoms with van der Waals surface area (Å²) in [5.41, 5.74) is 0.846. The van der Waals surface area contributed by atoms with E-state index < -0.39 is 0 Å². The summed E-state index contributed by atoms with van der Waals surface area (Å²) in [6, 6.07) is 1.91. The van der Waals surface area contributed by atoms with E-state index in [1.165, 1.54) is 6.42 Å². The number of nitrogens with zero attached hydrogens (tertiary/aromatic N) is 3. The first kappa shape index (κ1) is 21.5. The van der Waals surface area contributed by atoms with Gasteiger partial charge in [-0.1, -0.05) is 53.9 Å². The summed E-state index contributed by atoms with van der Waals surface area (Å²) in [5.74, 6) is 1.05. The van der Waals surface area contributed by atoms with Crippen molar-refractivity contribution in [2.75, 3.05) is 18.4 Å². The third kappa shape index (κ3) is 6.08. The van der Waals surface area contributed by atoms with E-state index in [0.29, 0.717) is 18.3 Å². The fourth-order valence-corrected chi connectivity index (χ4v) is 3.59. The number of hydrogen-bond donors (Lipinski definition) is 1. The molecule has 1 saturated carbocycles. The minimum absolute atomic E-state index is 0.0782. The van der Waals surface area contributed by atoms with Crippen LogP contribution in [0.25, 0.3) is 0 Å². The van der Waals surface area contributed by atoms with E-state index >= 15 is 0 Å². The summed E-state index contributed by atoms with van der Waals surface area (Å²) in [4.78, 5) is 27.4. The molecule has 6 heteroatoms. The van der Waals surface area contributed by atoms with Crippen molar-refractivity contribution >= 4 is 17.6 Å². The molecule has 6 nitrogen and oxygen atoms in total. The summed E-state index contributed by atoms with van der Waals surface area (Å²) >= 11 is 0. The normalized spacial score (nSPS) is 15.8. The molecule has 1 fully saturated rings. The Bertz CT molecular complexity index is 652. The first-order valence-corrected chi connectivity index (χ1v) is 10.2. The van der Waals surface area contributed by atoms with E-state index in [-0.39, 0.29) is 29.7 Å². The van der Waals surface area contributed by atoms with Gasteiger partial charge in [-0.2, -0.15) is 5.10 Å². The second kappa shape index (κ2) is 8.89. The number of carbonyl (C=O) groups is 2. The van der Waals surface area contributed by atoms with Crippen molar-refractivity contribution in [1.82, 2.24) is 14.7 Å². The second-order valence-corrected chi connectivity index (χ2v) is 9.28. The van der Waals surface area contributed by atoms with Gasteiger partial charge in [0, 0.05) is 31.0 Å². The SMILES string of the molecule is CC(C)CN(CC(=O)Nc1cc(C(C)(C)C)nn1C)C(=O)C1CCCCC1. The minimum atomic E-state index is -0.164. The van der Waals surface area contributed by atoms with Crippen molar-refractivity contribution in [2.24, 2.45) is 18.9 Å². The maximum Gasteiger partial charge on any atom is 0.245 e. The zero-order valence-electron chi connectivity index (χ0n) is 17.8. The lowest BCUT2D eigenvalue weighted by Gasteiger charge is -2.30. The van der Waals surface area contributed by atoms with E-state index in [1.807, 2.05) is 13.1 Å². The van der Waals surface area contributed by atoms with Crippen LogP contribution in [0.2, 0.25) is 0 Å². The lowest BCUT2D eigenvalue weighted by atomic mass is 9.88. The van der Waals surface area contributed by atoms with Gasteiger partial charge in [0.2, 0.25) is 11.8 Å². The van der Waals surface area contributed by atoms with E-state index in [9.17, 15) is 9.59 Å². The number of nitrogens with one attached hydrogen (secondary N) is 1. The molecule has 0 spiro atoms.